The van der Waals surface area contributed by atoms with Crippen molar-refractivity contribution in [1.29, 1.82) is 0 Å². The zero-order chi connectivity index (χ0) is 18.0. The summed E-state index contributed by atoms with van der Waals surface area (Å²) in [5.41, 5.74) is -0.402. The van der Waals surface area contributed by atoms with Crippen LogP contribution in [0, 0.1) is 5.41 Å². The van der Waals surface area contributed by atoms with E-state index in [9.17, 15) is 9.59 Å². The molecule has 2 amide bonds. The van der Waals surface area contributed by atoms with E-state index in [1.807, 2.05) is 45.0 Å². The smallest absolute Gasteiger partial charge is 0.225 e. The first-order valence-electron chi connectivity index (χ1n) is 8.15. The Hall–Kier alpha value is -2.24. The van der Waals surface area contributed by atoms with Crippen LogP contribution in [0.4, 0.5) is 0 Å². The van der Waals surface area contributed by atoms with Crippen molar-refractivity contribution < 1.29 is 19.1 Å². The highest BCUT2D eigenvalue weighted by Gasteiger charge is 2.20. The predicted octanol–water partition coefficient (Wildman–Crippen LogP) is 2.13. The number of methoxy groups -OCH3 is 1. The monoisotopic (exact) mass is 336 g/mol. The largest absolute Gasteiger partial charge is 0.497 e. The number of benzene rings is 1. The molecule has 0 heterocycles. The molecular weight excluding hydrogens is 308 g/mol. The highest BCUT2D eigenvalue weighted by molar-refractivity contribution is 5.81. The quantitative estimate of drug-likeness (QED) is 0.677. The number of ether oxygens (including phenoxy) is 2. The fraction of sp³-hybridized carbons (Fsp3) is 0.556. The summed E-state index contributed by atoms with van der Waals surface area (Å²) >= 11 is 0. The molecule has 0 bridgehead atoms. The molecule has 1 aromatic rings. The molecule has 0 aliphatic carbocycles. The Labute approximate surface area is 143 Å². The first-order valence-corrected chi connectivity index (χ1v) is 8.15. The molecule has 1 rings (SSSR count). The molecule has 0 radical (unpaired) electrons. The Kier molecular flexibility index (Phi) is 8.09. The van der Waals surface area contributed by atoms with Crippen LogP contribution in [0.5, 0.6) is 11.5 Å². The SMILES string of the molecule is COc1ccc(OCCNC(=O)CCCNC(=O)C(C)(C)C)cc1. The number of rotatable bonds is 9. The molecule has 0 saturated carbocycles. The van der Waals surface area contributed by atoms with Gasteiger partial charge >= 0.3 is 0 Å². The van der Waals surface area contributed by atoms with Crippen molar-refractivity contribution in [2.75, 3.05) is 26.8 Å². The predicted molar refractivity (Wildman–Crippen MR) is 93.2 cm³/mol. The Balaban J connectivity index is 2.08. The molecule has 0 unspecified atom stereocenters. The second-order valence-electron chi connectivity index (χ2n) is 6.48. The van der Waals surface area contributed by atoms with Crippen LogP contribution in [-0.2, 0) is 9.59 Å². The number of amides is 2. The van der Waals surface area contributed by atoms with Gasteiger partial charge in [0.2, 0.25) is 11.8 Å². The van der Waals surface area contributed by atoms with E-state index in [2.05, 4.69) is 10.6 Å². The Bertz CT molecular complexity index is 521. The normalized spacial score (nSPS) is 10.8. The van der Waals surface area contributed by atoms with E-state index in [1.54, 1.807) is 7.11 Å². The third kappa shape index (κ3) is 7.85. The standard InChI is InChI=1S/C18H28N2O4/c1-18(2,3)17(22)20-11-5-6-16(21)19-12-13-24-15-9-7-14(23-4)8-10-15/h7-10H,5-6,11-13H2,1-4H3,(H,19,21)(H,20,22). The molecule has 0 aliphatic heterocycles. The van der Waals surface area contributed by atoms with Gasteiger partial charge in [-0.25, -0.2) is 0 Å². The van der Waals surface area contributed by atoms with Crippen LogP contribution in [0.25, 0.3) is 0 Å². The molecule has 0 aliphatic rings. The molecule has 0 fully saturated rings. The lowest BCUT2D eigenvalue weighted by Gasteiger charge is -2.17. The van der Waals surface area contributed by atoms with Gasteiger partial charge in [0.1, 0.15) is 18.1 Å². The lowest BCUT2D eigenvalue weighted by atomic mass is 9.96. The van der Waals surface area contributed by atoms with Crippen LogP contribution in [-0.4, -0.2) is 38.6 Å². The molecule has 0 aromatic heterocycles. The lowest BCUT2D eigenvalue weighted by molar-refractivity contribution is -0.128. The minimum absolute atomic E-state index is 0.00389. The molecule has 24 heavy (non-hydrogen) atoms. The second kappa shape index (κ2) is 9.80. The number of hydrogen-bond acceptors (Lipinski definition) is 4. The summed E-state index contributed by atoms with van der Waals surface area (Å²) in [4.78, 5) is 23.3. The van der Waals surface area contributed by atoms with Crippen molar-refractivity contribution in [2.45, 2.75) is 33.6 Å². The molecule has 0 atom stereocenters. The molecule has 0 saturated heterocycles. The fourth-order valence-corrected chi connectivity index (χ4v) is 1.84. The summed E-state index contributed by atoms with van der Waals surface area (Å²) in [7, 11) is 1.61. The van der Waals surface area contributed by atoms with Crippen molar-refractivity contribution in [3.8, 4) is 11.5 Å². The third-order valence-electron chi connectivity index (χ3n) is 3.30. The summed E-state index contributed by atoms with van der Waals surface area (Å²) in [6.07, 6.45) is 1.000. The van der Waals surface area contributed by atoms with Gasteiger partial charge in [0.05, 0.1) is 13.7 Å². The van der Waals surface area contributed by atoms with Crippen LogP contribution in [0.15, 0.2) is 24.3 Å². The van der Waals surface area contributed by atoms with Gasteiger partial charge in [-0.2, -0.15) is 0 Å². The molecular formula is C18H28N2O4. The van der Waals surface area contributed by atoms with E-state index < -0.39 is 5.41 Å². The second-order valence-corrected chi connectivity index (χ2v) is 6.48. The van der Waals surface area contributed by atoms with E-state index in [-0.39, 0.29) is 11.8 Å². The molecule has 1 aromatic carbocycles. The van der Waals surface area contributed by atoms with E-state index >= 15 is 0 Å². The maximum atomic E-state index is 11.7. The van der Waals surface area contributed by atoms with Crippen molar-refractivity contribution in [2.24, 2.45) is 5.41 Å². The van der Waals surface area contributed by atoms with Crippen molar-refractivity contribution in [1.82, 2.24) is 10.6 Å². The average molecular weight is 336 g/mol. The maximum Gasteiger partial charge on any atom is 0.225 e. The van der Waals surface area contributed by atoms with Gasteiger partial charge < -0.3 is 20.1 Å². The van der Waals surface area contributed by atoms with E-state index in [4.69, 9.17) is 9.47 Å². The van der Waals surface area contributed by atoms with Crippen LogP contribution in [0.3, 0.4) is 0 Å². The van der Waals surface area contributed by atoms with Crippen molar-refractivity contribution >= 4 is 11.8 Å². The van der Waals surface area contributed by atoms with Gasteiger partial charge in [-0.1, -0.05) is 20.8 Å². The fourth-order valence-electron chi connectivity index (χ4n) is 1.84. The van der Waals surface area contributed by atoms with E-state index in [1.165, 1.54) is 0 Å². The first-order chi connectivity index (χ1) is 11.3. The van der Waals surface area contributed by atoms with E-state index in [0.717, 1.165) is 11.5 Å². The van der Waals surface area contributed by atoms with Gasteiger partial charge in [0, 0.05) is 18.4 Å². The number of carbonyl (C=O) groups is 2. The molecule has 0 spiro atoms. The zero-order valence-corrected chi connectivity index (χ0v) is 15.0. The third-order valence-corrected chi connectivity index (χ3v) is 3.30. The van der Waals surface area contributed by atoms with Gasteiger partial charge in [-0.3, -0.25) is 9.59 Å². The number of hydrogen-bond donors (Lipinski definition) is 2. The Morgan fingerprint density at radius 3 is 2.21 bits per heavy atom. The van der Waals surface area contributed by atoms with Crippen molar-refractivity contribution in [3.63, 3.8) is 0 Å². The summed E-state index contributed by atoms with van der Waals surface area (Å²) in [6, 6.07) is 7.27. The van der Waals surface area contributed by atoms with Crippen LogP contribution < -0.4 is 20.1 Å². The molecule has 6 heteroatoms. The minimum Gasteiger partial charge on any atom is -0.497 e. The van der Waals surface area contributed by atoms with E-state index in [0.29, 0.717) is 32.5 Å². The molecule has 2 N–H and O–H groups in total. The van der Waals surface area contributed by atoms with Gasteiger partial charge in [-0.15, -0.1) is 0 Å². The van der Waals surface area contributed by atoms with Gasteiger partial charge in [0.25, 0.3) is 0 Å². The summed E-state index contributed by atoms with van der Waals surface area (Å²) in [5.74, 6) is 1.46. The number of carbonyl (C=O) groups excluding carboxylic acids is 2. The van der Waals surface area contributed by atoms with Gasteiger partial charge in [-0.05, 0) is 30.7 Å². The van der Waals surface area contributed by atoms with Crippen LogP contribution in [0.2, 0.25) is 0 Å². The Morgan fingerprint density at radius 2 is 1.62 bits per heavy atom. The maximum absolute atomic E-state index is 11.7. The Morgan fingerprint density at radius 1 is 1.00 bits per heavy atom. The molecule has 6 nitrogen and oxygen atoms in total. The number of nitrogens with one attached hydrogen (secondary N) is 2. The lowest BCUT2D eigenvalue weighted by Crippen LogP contribution is -2.36. The zero-order valence-electron chi connectivity index (χ0n) is 15.0. The average Bonchev–Trinajstić information content (AvgIpc) is 2.55. The molecule has 134 valence electrons. The van der Waals surface area contributed by atoms with Gasteiger partial charge in [0.15, 0.2) is 0 Å². The van der Waals surface area contributed by atoms with Crippen LogP contribution in [0.1, 0.15) is 33.6 Å². The van der Waals surface area contributed by atoms with Crippen LogP contribution >= 0.6 is 0 Å². The summed E-state index contributed by atoms with van der Waals surface area (Å²) in [6.45, 7) is 6.93. The topological polar surface area (TPSA) is 76.7 Å². The first kappa shape index (κ1) is 19.8. The summed E-state index contributed by atoms with van der Waals surface area (Å²) < 4.78 is 10.6. The highest BCUT2D eigenvalue weighted by atomic mass is 16.5. The highest BCUT2D eigenvalue weighted by Crippen LogP contribution is 2.16. The van der Waals surface area contributed by atoms with Crippen molar-refractivity contribution in [3.05, 3.63) is 24.3 Å². The summed E-state index contributed by atoms with van der Waals surface area (Å²) in [5, 5.41) is 5.61. The minimum atomic E-state index is -0.402.